The summed E-state index contributed by atoms with van der Waals surface area (Å²) >= 11 is 0. The molecule has 0 N–H and O–H groups in total. The fraction of sp³-hybridized carbons (Fsp3) is 0.565. The normalized spacial score (nSPS) is 19.2. The molecule has 0 radical (unpaired) electrons. The average Bonchev–Trinajstić information content (AvgIpc) is 2.73. The van der Waals surface area contributed by atoms with Crippen molar-refractivity contribution in [3.63, 3.8) is 0 Å². The number of nitrogens with zero attached hydrogens (tertiary/aromatic N) is 3. The number of ether oxygens (including phenoxy) is 1. The standard InChI is InChI=1S/C23H33N3O2/c1-4-14-25(2)15-5-6-16-28-22-12-10-21(11-13-22)26(3)23(27)20-9-7-8-19(17-20)18-24/h4,7-9,17,21-22H,1,5-6,10-16H2,2-3H3. The Balaban J connectivity index is 1.69. The molecule has 1 aliphatic carbocycles. The van der Waals surface area contributed by atoms with Gasteiger partial charge in [0.2, 0.25) is 0 Å². The van der Waals surface area contributed by atoms with Crippen LogP contribution in [-0.2, 0) is 4.74 Å². The number of benzene rings is 1. The van der Waals surface area contributed by atoms with Gasteiger partial charge in [-0.3, -0.25) is 4.79 Å². The summed E-state index contributed by atoms with van der Waals surface area (Å²) in [7, 11) is 3.98. The van der Waals surface area contributed by atoms with Gasteiger partial charge >= 0.3 is 0 Å². The summed E-state index contributed by atoms with van der Waals surface area (Å²) in [5, 5.41) is 9.02. The number of hydrogen-bond donors (Lipinski definition) is 0. The maximum absolute atomic E-state index is 12.7. The van der Waals surface area contributed by atoms with Gasteiger partial charge in [-0.1, -0.05) is 12.1 Å². The van der Waals surface area contributed by atoms with E-state index in [0.717, 1.165) is 58.2 Å². The molecule has 5 heteroatoms. The van der Waals surface area contributed by atoms with Crippen molar-refractivity contribution >= 4 is 5.91 Å². The first kappa shape index (κ1) is 22.1. The molecule has 1 amide bonds. The molecule has 2 rings (SSSR count). The van der Waals surface area contributed by atoms with Crippen LogP contribution >= 0.6 is 0 Å². The summed E-state index contributed by atoms with van der Waals surface area (Å²) in [4.78, 5) is 16.8. The van der Waals surface area contributed by atoms with Crippen LogP contribution in [0.3, 0.4) is 0 Å². The fourth-order valence-corrected chi connectivity index (χ4v) is 3.74. The van der Waals surface area contributed by atoms with E-state index in [1.165, 1.54) is 0 Å². The number of amides is 1. The maximum Gasteiger partial charge on any atom is 0.253 e. The Kier molecular flexibility index (Phi) is 9.19. The van der Waals surface area contributed by atoms with E-state index in [1.807, 2.05) is 18.0 Å². The highest BCUT2D eigenvalue weighted by Crippen LogP contribution is 2.25. The summed E-state index contributed by atoms with van der Waals surface area (Å²) in [5.74, 6) is -0.00916. The molecule has 1 aliphatic rings. The van der Waals surface area contributed by atoms with Gasteiger partial charge in [-0.05, 0) is 70.3 Å². The summed E-state index contributed by atoms with van der Waals surface area (Å²) in [6, 6.07) is 9.26. The minimum atomic E-state index is -0.00916. The summed E-state index contributed by atoms with van der Waals surface area (Å²) in [6.45, 7) is 6.57. The zero-order valence-electron chi connectivity index (χ0n) is 17.3. The number of carbonyl (C=O) groups is 1. The topological polar surface area (TPSA) is 56.6 Å². The molecule has 1 fully saturated rings. The molecule has 0 unspecified atom stereocenters. The van der Waals surface area contributed by atoms with Crippen LogP contribution < -0.4 is 0 Å². The Morgan fingerprint density at radius 3 is 2.71 bits per heavy atom. The zero-order valence-corrected chi connectivity index (χ0v) is 17.3. The SMILES string of the molecule is C=CCN(C)CCCCOC1CCC(N(C)C(=O)c2cccc(C#N)c2)CC1. The largest absolute Gasteiger partial charge is 0.378 e. The Morgan fingerprint density at radius 2 is 2.04 bits per heavy atom. The lowest BCUT2D eigenvalue weighted by Crippen LogP contribution is -2.40. The highest BCUT2D eigenvalue weighted by Gasteiger charge is 2.27. The lowest BCUT2D eigenvalue weighted by Gasteiger charge is -2.34. The van der Waals surface area contributed by atoms with Crippen LogP contribution in [0.5, 0.6) is 0 Å². The molecule has 0 heterocycles. The van der Waals surface area contributed by atoms with Crippen LogP contribution in [0.1, 0.15) is 54.4 Å². The second-order valence-corrected chi connectivity index (χ2v) is 7.67. The van der Waals surface area contributed by atoms with Crippen LogP contribution in [0.4, 0.5) is 0 Å². The molecule has 1 aromatic carbocycles. The van der Waals surface area contributed by atoms with Crippen molar-refractivity contribution in [2.45, 2.75) is 50.7 Å². The molecule has 0 aromatic heterocycles. The third-order valence-electron chi connectivity index (χ3n) is 5.48. The predicted molar refractivity (Wildman–Crippen MR) is 112 cm³/mol. The van der Waals surface area contributed by atoms with Crippen molar-refractivity contribution in [1.82, 2.24) is 9.80 Å². The van der Waals surface area contributed by atoms with Gasteiger partial charge < -0.3 is 14.5 Å². The smallest absolute Gasteiger partial charge is 0.253 e. The summed E-state index contributed by atoms with van der Waals surface area (Å²) in [5.41, 5.74) is 1.10. The van der Waals surface area contributed by atoms with Gasteiger partial charge in [0.25, 0.3) is 5.91 Å². The van der Waals surface area contributed by atoms with E-state index in [0.29, 0.717) is 17.2 Å². The van der Waals surface area contributed by atoms with Gasteiger partial charge in [0.1, 0.15) is 0 Å². The van der Waals surface area contributed by atoms with Crippen molar-refractivity contribution in [3.8, 4) is 6.07 Å². The molecule has 152 valence electrons. The Hall–Kier alpha value is -2.16. The monoisotopic (exact) mass is 383 g/mol. The second kappa shape index (κ2) is 11.6. The quantitative estimate of drug-likeness (QED) is 0.455. The van der Waals surface area contributed by atoms with Gasteiger partial charge in [-0.25, -0.2) is 0 Å². The number of unbranched alkanes of at least 4 members (excludes halogenated alkanes) is 1. The van der Waals surface area contributed by atoms with Gasteiger partial charge in [0, 0.05) is 31.8 Å². The molecule has 1 saturated carbocycles. The van der Waals surface area contributed by atoms with Crippen LogP contribution in [0.2, 0.25) is 0 Å². The third-order valence-corrected chi connectivity index (χ3v) is 5.48. The molecule has 0 atom stereocenters. The van der Waals surface area contributed by atoms with Gasteiger partial charge in [0.15, 0.2) is 0 Å². The molecule has 1 aromatic rings. The van der Waals surface area contributed by atoms with E-state index in [9.17, 15) is 4.79 Å². The van der Waals surface area contributed by atoms with Crippen molar-refractivity contribution in [3.05, 3.63) is 48.0 Å². The van der Waals surface area contributed by atoms with Gasteiger partial charge in [0.05, 0.1) is 17.7 Å². The first-order valence-corrected chi connectivity index (χ1v) is 10.2. The minimum Gasteiger partial charge on any atom is -0.378 e. The molecule has 0 bridgehead atoms. The van der Waals surface area contributed by atoms with E-state index in [2.05, 4.69) is 24.6 Å². The van der Waals surface area contributed by atoms with Gasteiger partial charge in [-0.2, -0.15) is 5.26 Å². The van der Waals surface area contributed by atoms with E-state index in [1.54, 1.807) is 24.3 Å². The van der Waals surface area contributed by atoms with Crippen molar-refractivity contribution in [2.75, 3.05) is 33.8 Å². The predicted octanol–water partition coefficient (Wildman–Crippen LogP) is 3.86. The minimum absolute atomic E-state index is 0.00916. The lowest BCUT2D eigenvalue weighted by atomic mass is 9.91. The third kappa shape index (κ3) is 6.78. The van der Waals surface area contributed by atoms with E-state index < -0.39 is 0 Å². The number of likely N-dealkylation sites (N-methyl/N-ethyl adjacent to an activating group) is 1. The molecule has 5 nitrogen and oxygen atoms in total. The van der Waals surface area contributed by atoms with Crippen molar-refractivity contribution in [2.24, 2.45) is 0 Å². The molecular formula is C23H33N3O2. The second-order valence-electron chi connectivity index (χ2n) is 7.67. The lowest BCUT2D eigenvalue weighted by molar-refractivity contribution is 0.00881. The zero-order chi connectivity index (χ0) is 20.4. The first-order chi connectivity index (χ1) is 13.5. The van der Waals surface area contributed by atoms with Crippen LogP contribution in [0.25, 0.3) is 0 Å². The molecule has 0 spiro atoms. The van der Waals surface area contributed by atoms with Gasteiger partial charge in [-0.15, -0.1) is 6.58 Å². The van der Waals surface area contributed by atoms with E-state index in [-0.39, 0.29) is 11.9 Å². The van der Waals surface area contributed by atoms with Crippen LogP contribution in [0, 0.1) is 11.3 Å². The highest BCUT2D eigenvalue weighted by molar-refractivity contribution is 5.94. The number of carbonyl (C=O) groups excluding carboxylic acids is 1. The Labute approximate surface area is 169 Å². The molecular weight excluding hydrogens is 350 g/mol. The summed E-state index contributed by atoms with van der Waals surface area (Å²) in [6.07, 6.45) is 8.38. The Bertz CT molecular complexity index is 675. The first-order valence-electron chi connectivity index (χ1n) is 10.2. The number of nitriles is 1. The molecule has 28 heavy (non-hydrogen) atoms. The van der Waals surface area contributed by atoms with Crippen molar-refractivity contribution < 1.29 is 9.53 Å². The maximum atomic E-state index is 12.7. The molecule has 0 saturated heterocycles. The summed E-state index contributed by atoms with van der Waals surface area (Å²) < 4.78 is 6.05. The van der Waals surface area contributed by atoms with E-state index in [4.69, 9.17) is 10.00 Å². The Morgan fingerprint density at radius 1 is 1.29 bits per heavy atom. The number of hydrogen-bond acceptors (Lipinski definition) is 4. The highest BCUT2D eigenvalue weighted by atomic mass is 16.5. The van der Waals surface area contributed by atoms with Crippen LogP contribution in [-0.4, -0.2) is 61.6 Å². The fourth-order valence-electron chi connectivity index (χ4n) is 3.74. The molecule has 0 aliphatic heterocycles. The van der Waals surface area contributed by atoms with Crippen molar-refractivity contribution in [1.29, 1.82) is 5.26 Å². The van der Waals surface area contributed by atoms with Crippen LogP contribution in [0.15, 0.2) is 36.9 Å². The average molecular weight is 384 g/mol. The number of rotatable bonds is 10. The van der Waals surface area contributed by atoms with E-state index >= 15 is 0 Å².